The fourth-order valence-corrected chi connectivity index (χ4v) is 11.4. The van der Waals surface area contributed by atoms with Gasteiger partial charge in [-0.1, -0.05) is 212 Å². The van der Waals surface area contributed by atoms with Crippen LogP contribution < -0.4 is 14.7 Å². The van der Waals surface area contributed by atoms with Crippen molar-refractivity contribution in [1.82, 2.24) is 9.55 Å². The Balaban J connectivity index is 0.00000660. The van der Waals surface area contributed by atoms with Gasteiger partial charge in [0.15, 0.2) is 0 Å². The van der Waals surface area contributed by atoms with Gasteiger partial charge in [-0.25, -0.2) is 4.98 Å². The molecular formula is C73H66N5Pt-3. The standard InChI is InChI=1S/C73H66N5.Pt/c1-70(2,3)56-43-57(71(4,5)6)45-62(44-56)76-50-75(66-35-22-23-36-67(66)76)59-33-24-34-60(48-59)77(58-31-20-13-21-32-58)61-38-39-63-64-46-54(72(7,8)51-25-14-10-15-26-51)37-40-65(64)78(68(63)49-61)69-47-55(41-42-74-69)73(9,52-27-16-11-17-28-52)53-29-18-12-19-30-53;/h10-47,50H,1-9H3;/q-3;. The molecule has 0 radical (unpaired) electrons. The van der Waals surface area contributed by atoms with Gasteiger partial charge >= 0.3 is 0 Å². The molecule has 1 aliphatic heterocycles. The van der Waals surface area contributed by atoms with Crippen LogP contribution in [0.15, 0.2) is 231 Å². The minimum atomic E-state index is -0.470. The van der Waals surface area contributed by atoms with Crippen LogP contribution in [0.3, 0.4) is 0 Å². The van der Waals surface area contributed by atoms with Crippen LogP contribution in [0, 0.1) is 18.8 Å². The Morgan fingerprint density at radius 2 is 0.987 bits per heavy atom. The summed E-state index contributed by atoms with van der Waals surface area (Å²) in [5.41, 5.74) is 17.0. The molecule has 0 aliphatic carbocycles. The van der Waals surface area contributed by atoms with E-state index in [0.717, 1.165) is 73.0 Å². The quantitative estimate of drug-likeness (QED) is 0.121. The first-order valence-electron chi connectivity index (χ1n) is 27.3. The maximum Gasteiger partial charge on any atom is 0.135 e. The zero-order chi connectivity index (χ0) is 54.0. The maximum absolute atomic E-state index is 5.24. The Bertz CT molecular complexity index is 3890. The molecular weight excluding hydrogens is 1140 g/mol. The molecule has 5 nitrogen and oxygen atoms in total. The van der Waals surface area contributed by atoms with Gasteiger partial charge < -0.3 is 19.3 Å². The Labute approximate surface area is 482 Å². The van der Waals surface area contributed by atoms with Crippen molar-refractivity contribution in [3.05, 3.63) is 288 Å². The van der Waals surface area contributed by atoms with E-state index in [9.17, 15) is 0 Å². The second-order valence-electron chi connectivity index (χ2n) is 23.6. The van der Waals surface area contributed by atoms with E-state index in [0.29, 0.717) is 0 Å². The van der Waals surface area contributed by atoms with E-state index in [1.54, 1.807) is 0 Å². The number of rotatable bonds is 11. The summed E-state index contributed by atoms with van der Waals surface area (Å²) in [6, 6.07) is 89.2. The first kappa shape index (κ1) is 53.0. The van der Waals surface area contributed by atoms with Crippen LogP contribution in [0.2, 0.25) is 0 Å². The summed E-state index contributed by atoms with van der Waals surface area (Å²) < 4.78 is 2.32. The van der Waals surface area contributed by atoms with Crippen LogP contribution in [-0.2, 0) is 42.7 Å². The Morgan fingerprint density at radius 3 is 1.59 bits per heavy atom. The van der Waals surface area contributed by atoms with Crippen LogP contribution in [0.1, 0.15) is 101 Å². The van der Waals surface area contributed by atoms with Gasteiger partial charge in [-0.05, 0) is 117 Å². The Morgan fingerprint density at radius 1 is 0.430 bits per heavy atom. The van der Waals surface area contributed by atoms with E-state index in [-0.39, 0.29) is 37.3 Å². The molecule has 0 saturated carbocycles. The van der Waals surface area contributed by atoms with Gasteiger partial charge in [0.1, 0.15) is 5.82 Å². The molecule has 3 heterocycles. The summed E-state index contributed by atoms with van der Waals surface area (Å²) in [6.07, 6.45) is 1.97. The number of hydrogen-bond acceptors (Lipinski definition) is 4. The molecule has 0 fully saturated rings. The second-order valence-corrected chi connectivity index (χ2v) is 23.6. The van der Waals surface area contributed by atoms with Crippen LogP contribution in [-0.4, -0.2) is 9.55 Å². The van der Waals surface area contributed by atoms with E-state index in [1.807, 2.05) is 6.20 Å². The third-order valence-corrected chi connectivity index (χ3v) is 16.2. The number of nitrogens with zero attached hydrogens (tertiary/aromatic N) is 5. The van der Waals surface area contributed by atoms with E-state index >= 15 is 0 Å². The molecule has 0 spiro atoms. The van der Waals surface area contributed by atoms with Crippen LogP contribution >= 0.6 is 0 Å². The molecule has 0 atom stereocenters. The summed E-state index contributed by atoms with van der Waals surface area (Å²) >= 11 is 0. The van der Waals surface area contributed by atoms with Crippen molar-refractivity contribution < 1.29 is 21.1 Å². The van der Waals surface area contributed by atoms with Gasteiger partial charge in [-0.3, -0.25) is 0 Å². The van der Waals surface area contributed by atoms with Gasteiger partial charge in [-0.2, -0.15) is 12.1 Å². The normalized spacial score (nSPS) is 12.9. The van der Waals surface area contributed by atoms with Crippen molar-refractivity contribution in [2.75, 3.05) is 14.7 Å². The molecule has 0 saturated heterocycles. The summed E-state index contributed by atoms with van der Waals surface area (Å²) in [5.74, 6) is 0.823. The fraction of sp³-hybridized carbons (Fsp3) is 0.178. The molecule has 9 aromatic carbocycles. The molecule has 12 rings (SSSR count). The Hall–Kier alpha value is -7.98. The minimum absolute atomic E-state index is 0. The summed E-state index contributed by atoms with van der Waals surface area (Å²) in [6.45, 7) is 23.0. The Kier molecular flexibility index (Phi) is 13.9. The molecule has 0 amide bonds. The number of fused-ring (bicyclic) bond motifs is 4. The van der Waals surface area contributed by atoms with Crippen molar-refractivity contribution in [3.63, 3.8) is 0 Å². The number of benzene rings is 9. The van der Waals surface area contributed by atoms with E-state index < -0.39 is 5.41 Å². The monoisotopic (exact) mass is 1210 g/mol. The van der Waals surface area contributed by atoms with Crippen LogP contribution in [0.5, 0.6) is 0 Å². The van der Waals surface area contributed by atoms with Gasteiger partial charge in [0, 0.05) is 66.4 Å². The molecule has 0 unspecified atom stereocenters. The molecule has 0 bridgehead atoms. The average molecular weight is 1210 g/mol. The summed E-state index contributed by atoms with van der Waals surface area (Å²) in [4.78, 5) is 12.1. The third kappa shape index (κ3) is 9.67. The molecule has 11 aromatic rings. The second kappa shape index (κ2) is 20.7. The van der Waals surface area contributed by atoms with E-state index in [4.69, 9.17) is 4.98 Å². The van der Waals surface area contributed by atoms with Crippen molar-refractivity contribution >= 4 is 61.6 Å². The molecule has 396 valence electrons. The predicted octanol–water partition coefficient (Wildman–Crippen LogP) is 18.9. The minimum Gasteiger partial charge on any atom is -0.493 e. The van der Waals surface area contributed by atoms with Gasteiger partial charge in [0.2, 0.25) is 0 Å². The predicted molar refractivity (Wildman–Crippen MR) is 327 cm³/mol. The van der Waals surface area contributed by atoms with Gasteiger partial charge in [0.05, 0.1) is 0 Å². The number of anilines is 7. The van der Waals surface area contributed by atoms with Crippen molar-refractivity contribution in [3.8, 4) is 5.82 Å². The SMILES string of the molecule is CC(C)(C)c1cc(N2[CH-]N(c3[c-]c(N(c4[c-]c5c(cc4)c4cc(C(C)(C)c6ccccc6)ccc4n5-c4cc(C(C)(c5ccccc5)c5ccccc5)ccn4)c4ccccc4)ccc3)c3ccccc32)cc(C(C)(C)C)c1.[Pt]. The van der Waals surface area contributed by atoms with E-state index in [1.165, 1.54) is 33.4 Å². The summed E-state index contributed by atoms with van der Waals surface area (Å²) in [5, 5.41) is 2.24. The van der Waals surface area contributed by atoms with Crippen molar-refractivity contribution in [2.24, 2.45) is 0 Å². The molecule has 2 aromatic heterocycles. The van der Waals surface area contributed by atoms with Crippen LogP contribution in [0.25, 0.3) is 27.6 Å². The fourth-order valence-electron chi connectivity index (χ4n) is 11.4. The summed E-state index contributed by atoms with van der Waals surface area (Å²) in [7, 11) is 0. The number of hydrogen-bond donors (Lipinski definition) is 0. The average Bonchev–Trinajstić information content (AvgIpc) is 4.16. The van der Waals surface area contributed by atoms with Crippen molar-refractivity contribution in [2.45, 2.75) is 84.0 Å². The maximum atomic E-state index is 5.24. The zero-order valence-electron chi connectivity index (χ0n) is 46.6. The third-order valence-electron chi connectivity index (χ3n) is 16.2. The van der Waals surface area contributed by atoms with Gasteiger partial charge in [-0.15, -0.1) is 48.1 Å². The molecule has 6 heteroatoms. The number of aromatic nitrogens is 2. The first-order valence-corrected chi connectivity index (χ1v) is 27.3. The first-order chi connectivity index (χ1) is 37.6. The van der Waals surface area contributed by atoms with Gasteiger partial charge in [0.25, 0.3) is 0 Å². The smallest absolute Gasteiger partial charge is 0.135 e. The molecule has 79 heavy (non-hydrogen) atoms. The van der Waals surface area contributed by atoms with E-state index in [2.05, 4.69) is 325 Å². The van der Waals surface area contributed by atoms with Crippen molar-refractivity contribution in [1.29, 1.82) is 0 Å². The largest absolute Gasteiger partial charge is 0.493 e. The number of pyridine rings is 1. The number of para-hydroxylation sites is 3. The molecule has 1 aliphatic rings. The zero-order valence-corrected chi connectivity index (χ0v) is 48.8. The van der Waals surface area contributed by atoms with Crippen LogP contribution in [0.4, 0.5) is 39.8 Å². The molecule has 0 N–H and O–H groups in total. The topological polar surface area (TPSA) is 27.5 Å².